The minimum absolute atomic E-state index is 0.696. The Morgan fingerprint density at radius 3 is 2.59 bits per heavy atom. The monoisotopic (exact) mass is 469 g/mol. The molecule has 1 saturated heterocycles. The van der Waals surface area contributed by atoms with Crippen LogP contribution in [0.4, 0.5) is 0 Å². The largest absolute Gasteiger partial charge is 0.493 e. The standard InChI is InChI=1S/C26H37N3O3.C2H6/c1-4-25(31-19-21-5-6-21)24(17-28(2)3)26-15-23(27-32-26)8-7-20-9-12-29(13-10-20)16-22-11-14-30-18-22;1-2/h4,11,14-15,18,20-21H,1,5-10,12-13,16-17,19H2,2-3H3;1-2H3/b25-24+;. The van der Waals surface area contributed by atoms with Crippen LogP contribution >= 0.6 is 0 Å². The normalized spacial score (nSPS) is 17.8. The molecule has 0 radical (unpaired) electrons. The fourth-order valence-corrected chi connectivity index (χ4v) is 4.35. The molecule has 188 valence electrons. The number of allylic oxidation sites excluding steroid dienone is 1. The molecule has 2 aromatic rings. The van der Waals surface area contributed by atoms with E-state index in [1.807, 2.05) is 20.1 Å². The third-order valence-electron chi connectivity index (χ3n) is 6.49. The quantitative estimate of drug-likeness (QED) is 0.280. The van der Waals surface area contributed by atoms with Gasteiger partial charge in [0.05, 0.1) is 30.4 Å². The van der Waals surface area contributed by atoms with Crippen molar-refractivity contribution in [3.05, 3.63) is 60.1 Å². The second-order valence-corrected chi connectivity index (χ2v) is 9.61. The Morgan fingerprint density at radius 1 is 1.21 bits per heavy atom. The van der Waals surface area contributed by atoms with Gasteiger partial charge in [0.2, 0.25) is 0 Å². The number of likely N-dealkylation sites (N-methyl/N-ethyl adjacent to an activating group) is 1. The number of furan rings is 1. The van der Waals surface area contributed by atoms with Gasteiger partial charge < -0.3 is 18.6 Å². The number of ether oxygens (including phenoxy) is 1. The summed E-state index contributed by atoms with van der Waals surface area (Å²) in [5.41, 5.74) is 3.32. The molecule has 0 atom stereocenters. The molecule has 4 rings (SSSR count). The van der Waals surface area contributed by atoms with Crippen LogP contribution in [-0.4, -0.2) is 55.3 Å². The van der Waals surface area contributed by atoms with Crippen molar-refractivity contribution in [2.45, 2.75) is 58.9 Å². The van der Waals surface area contributed by atoms with Crippen molar-refractivity contribution in [1.29, 1.82) is 0 Å². The third kappa shape index (κ3) is 8.17. The molecule has 0 aromatic carbocycles. The molecule has 2 aromatic heterocycles. The Hall–Kier alpha value is -2.31. The van der Waals surface area contributed by atoms with Crippen molar-refractivity contribution >= 4 is 5.57 Å². The summed E-state index contributed by atoms with van der Waals surface area (Å²) in [5, 5.41) is 4.38. The zero-order chi connectivity index (χ0) is 24.3. The van der Waals surface area contributed by atoms with E-state index in [1.165, 1.54) is 31.2 Å². The number of piperidine rings is 1. The summed E-state index contributed by atoms with van der Waals surface area (Å²) in [5.74, 6) is 3.06. The Balaban J connectivity index is 0.00000158. The molecule has 1 aliphatic carbocycles. The summed E-state index contributed by atoms with van der Waals surface area (Å²) in [7, 11) is 4.11. The van der Waals surface area contributed by atoms with Crippen LogP contribution < -0.4 is 0 Å². The lowest BCUT2D eigenvalue weighted by atomic mass is 9.91. The van der Waals surface area contributed by atoms with Crippen molar-refractivity contribution in [3.8, 4) is 0 Å². The number of aromatic nitrogens is 1. The van der Waals surface area contributed by atoms with Crippen LogP contribution in [0.3, 0.4) is 0 Å². The molecule has 6 heteroatoms. The van der Waals surface area contributed by atoms with Crippen LogP contribution in [-0.2, 0) is 17.7 Å². The molecule has 3 heterocycles. The van der Waals surface area contributed by atoms with Gasteiger partial charge in [-0.2, -0.15) is 0 Å². The summed E-state index contributed by atoms with van der Waals surface area (Å²) >= 11 is 0. The average Bonchev–Trinajstić information content (AvgIpc) is 3.31. The maximum Gasteiger partial charge on any atom is 0.168 e. The second kappa shape index (κ2) is 13.5. The first-order valence-corrected chi connectivity index (χ1v) is 12.9. The fourth-order valence-electron chi connectivity index (χ4n) is 4.35. The summed E-state index contributed by atoms with van der Waals surface area (Å²) in [6.07, 6.45) is 12.5. The van der Waals surface area contributed by atoms with Crippen LogP contribution in [0.5, 0.6) is 0 Å². The van der Waals surface area contributed by atoms with Gasteiger partial charge in [-0.1, -0.05) is 25.6 Å². The Bertz CT molecular complexity index is 873. The van der Waals surface area contributed by atoms with Gasteiger partial charge >= 0.3 is 0 Å². The van der Waals surface area contributed by atoms with E-state index in [4.69, 9.17) is 13.7 Å². The highest BCUT2D eigenvalue weighted by atomic mass is 16.5. The molecule has 2 fully saturated rings. The zero-order valence-corrected chi connectivity index (χ0v) is 21.6. The van der Waals surface area contributed by atoms with Crippen LogP contribution in [0, 0.1) is 11.8 Å². The summed E-state index contributed by atoms with van der Waals surface area (Å²) < 4.78 is 17.0. The van der Waals surface area contributed by atoms with Crippen molar-refractivity contribution in [3.63, 3.8) is 0 Å². The van der Waals surface area contributed by atoms with Crippen LogP contribution in [0.1, 0.15) is 63.0 Å². The van der Waals surface area contributed by atoms with Gasteiger partial charge in [0, 0.05) is 24.7 Å². The Morgan fingerprint density at radius 2 is 1.97 bits per heavy atom. The lowest BCUT2D eigenvalue weighted by Gasteiger charge is -2.31. The van der Waals surface area contributed by atoms with Crippen molar-refractivity contribution in [2.24, 2.45) is 11.8 Å². The molecule has 0 N–H and O–H groups in total. The van der Waals surface area contributed by atoms with Gasteiger partial charge in [0.1, 0.15) is 5.76 Å². The Kier molecular flexibility index (Phi) is 10.5. The summed E-state index contributed by atoms with van der Waals surface area (Å²) in [6.45, 7) is 12.8. The lowest BCUT2D eigenvalue weighted by Crippen LogP contribution is -2.33. The number of likely N-dealkylation sites (tertiary alicyclic amines) is 1. The van der Waals surface area contributed by atoms with E-state index in [-0.39, 0.29) is 0 Å². The SMILES string of the molecule is C=C/C(OCC1CC1)=C(/CN(C)C)c1cc(CCC2CCN(Cc3ccoc3)CC2)no1.CC. The second-order valence-electron chi connectivity index (χ2n) is 9.61. The first-order valence-electron chi connectivity index (χ1n) is 12.9. The highest BCUT2D eigenvalue weighted by molar-refractivity contribution is 5.67. The van der Waals surface area contributed by atoms with E-state index < -0.39 is 0 Å². The average molecular weight is 470 g/mol. The molecular formula is C28H43N3O3. The van der Waals surface area contributed by atoms with Crippen LogP contribution in [0.2, 0.25) is 0 Å². The summed E-state index contributed by atoms with van der Waals surface area (Å²) in [6, 6.07) is 4.15. The zero-order valence-electron chi connectivity index (χ0n) is 21.6. The van der Waals surface area contributed by atoms with Gasteiger partial charge in [-0.3, -0.25) is 4.90 Å². The predicted octanol–water partition coefficient (Wildman–Crippen LogP) is 6.02. The molecule has 1 saturated carbocycles. The number of hydrogen-bond donors (Lipinski definition) is 0. The molecule has 2 aliphatic rings. The number of hydrogen-bond acceptors (Lipinski definition) is 6. The first kappa shape index (κ1) is 26.3. The minimum atomic E-state index is 0.696. The van der Waals surface area contributed by atoms with Crippen molar-refractivity contribution in [1.82, 2.24) is 15.0 Å². The molecule has 0 bridgehead atoms. The Labute approximate surface area is 205 Å². The van der Waals surface area contributed by atoms with Gasteiger partial charge in [-0.25, -0.2) is 0 Å². The number of aryl methyl sites for hydroxylation is 1. The summed E-state index contributed by atoms with van der Waals surface area (Å²) in [4.78, 5) is 4.64. The maximum absolute atomic E-state index is 6.08. The smallest absolute Gasteiger partial charge is 0.168 e. The topological polar surface area (TPSA) is 54.9 Å². The maximum atomic E-state index is 6.08. The third-order valence-corrected chi connectivity index (χ3v) is 6.49. The molecule has 0 unspecified atom stereocenters. The fraction of sp³-hybridized carbons (Fsp3) is 0.607. The van der Waals surface area contributed by atoms with Gasteiger partial charge in [0.15, 0.2) is 5.76 Å². The molecule has 0 spiro atoms. The van der Waals surface area contributed by atoms with E-state index in [1.54, 1.807) is 12.3 Å². The van der Waals surface area contributed by atoms with E-state index >= 15 is 0 Å². The molecule has 34 heavy (non-hydrogen) atoms. The lowest BCUT2D eigenvalue weighted by molar-refractivity contribution is 0.172. The minimum Gasteiger partial charge on any atom is -0.493 e. The van der Waals surface area contributed by atoms with Crippen LogP contribution in [0.15, 0.2) is 52.0 Å². The molecule has 6 nitrogen and oxygen atoms in total. The number of rotatable bonds is 12. The van der Waals surface area contributed by atoms with Crippen molar-refractivity contribution < 1.29 is 13.7 Å². The van der Waals surface area contributed by atoms with E-state index in [9.17, 15) is 0 Å². The molecular weight excluding hydrogens is 426 g/mol. The molecule has 1 aliphatic heterocycles. The first-order chi connectivity index (χ1) is 16.6. The number of nitrogens with zero attached hydrogens (tertiary/aromatic N) is 3. The molecule has 0 amide bonds. The van der Waals surface area contributed by atoms with Gasteiger partial charge in [-0.05, 0) is 89.7 Å². The van der Waals surface area contributed by atoms with Crippen molar-refractivity contribution in [2.75, 3.05) is 40.3 Å². The van der Waals surface area contributed by atoms with Gasteiger partial charge in [-0.15, -0.1) is 0 Å². The predicted molar refractivity (Wildman–Crippen MR) is 137 cm³/mol. The van der Waals surface area contributed by atoms with E-state index in [0.29, 0.717) is 5.92 Å². The highest BCUT2D eigenvalue weighted by Gasteiger charge is 2.24. The van der Waals surface area contributed by atoms with Crippen LogP contribution in [0.25, 0.3) is 5.57 Å². The van der Waals surface area contributed by atoms with E-state index in [2.05, 4.69) is 47.8 Å². The van der Waals surface area contributed by atoms with Gasteiger partial charge in [0.25, 0.3) is 0 Å². The highest BCUT2D eigenvalue weighted by Crippen LogP contribution is 2.31. The van der Waals surface area contributed by atoms with E-state index in [0.717, 1.165) is 74.3 Å².